The van der Waals surface area contributed by atoms with Gasteiger partial charge in [0.25, 0.3) is 11.8 Å². The van der Waals surface area contributed by atoms with Gasteiger partial charge in [-0.05, 0) is 60.9 Å². The zero-order valence-electron chi connectivity index (χ0n) is 18.5. The minimum absolute atomic E-state index is 0.123. The zero-order chi connectivity index (χ0) is 22.5. The van der Waals surface area contributed by atoms with Crippen molar-refractivity contribution in [2.45, 2.75) is 32.7 Å². The number of rotatable bonds is 6. The van der Waals surface area contributed by atoms with Crippen molar-refractivity contribution in [1.29, 1.82) is 0 Å². The number of nitrogens with one attached hydrogen (secondary N) is 2. The summed E-state index contributed by atoms with van der Waals surface area (Å²) in [4.78, 5) is 28.8. The summed E-state index contributed by atoms with van der Waals surface area (Å²) in [6.45, 7) is 6.11. The second-order valence-electron chi connectivity index (χ2n) is 8.44. The Kier molecular flexibility index (Phi) is 6.90. The third-order valence-electron chi connectivity index (χ3n) is 6.02. The van der Waals surface area contributed by atoms with E-state index in [0.717, 1.165) is 37.2 Å². The molecule has 1 aromatic heterocycles. The van der Waals surface area contributed by atoms with Gasteiger partial charge in [0.15, 0.2) is 0 Å². The third-order valence-corrected chi connectivity index (χ3v) is 6.88. The molecule has 0 spiro atoms. The zero-order valence-corrected chi connectivity index (χ0v) is 19.3. The summed E-state index contributed by atoms with van der Waals surface area (Å²) in [5.41, 5.74) is 3.18. The van der Waals surface area contributed by atoms with Crippen molar-refractivity contribution in [3.63, 3.8) is 0 Å². The number of carbonyl (C=O) groups excluding carboxylic acids is 2. The minimum Gasteiger partial charge on any atom is -0.371 e. The lowest BCUT2D eigenvalue weighted by molar-refractivity contribution is 0.0939. The summed E-state index contributed by atoms with van der Waals surface area (Å²) in [6.07, 6.45) is 2.22. The van der Waals surface area contributed by atoms with E-state index in [2.05, 4.69) is 22.5 Å². The van der Waals surface area contributed by atoms with Crippen molar-refractivity contribution in [3.05, 3.63) is 82.0 Å². The van der Waals surface area contributed by atoms with Crippen molar-refractivity contribution in [2.75, 3.05) is 23.3 Å². The summed E-state index contributed by atoms with van der Waals surface area (Å²) in [5.74, 6) is 0.400. The van der Waals surface area contributed by atoms with Crippen molar-refractivity contribution < 1.29 is 9.59 Å². The van der Waals surface area contributed by atoms with Crippen LogP contribution >= 0.6 is 11.3 Å². The summed E-state index contributed by atoms with van der Waals surface area (Å²) in [7, 11) is 0. The number of carbonyl (C=O) groups is 2. The lowest BCUT2D eigenvalue weighted by Crippen LogP contribution is -2.35. The van der Waals surface area contributed by atoms with Crippen LogP contribution in [0.15, 0.2) is 66.0 Å². The fourth-order valence-electron chi connectivity index (χ4n) is 4.02. The Morgan fingerprint density at radius 2 is 1.75 bits per heavy atom. The summed E-state index contributed by atoms with van der Waals surface area (Å²) >= 11 is 1.39. The number of anilines is 2. The monoisotopic (exact) mass is 447 g/mol. The van der Waals surface area contributed by atoms with E-state index in [-0.39, 0.29) is 17.9 Å². The molecule has 2 aromatic carbocycles. The van der Waals surface area contributed by atoms with Crippen molar-refractivity contribution in [3.8, 4) is 0 Å². The Morgan fingerprint density at radius 1 is 1.00 bits per heavy atom. The molecule has 0 saturated carbocycles. The van der Waals surface area contributed by atoms with Gasteiger partial charge in [0.05, 0.1) is 16.5 Å². The number of hydrogen-bond donors (Lipinski definition) is 2. The molecular weight excluding hydrogens is 418 g/mol. The van der Waals surface area contributed by atoms with Crippen molar-refractivity contribution >= 4 is 34.5 Å². The first-order chi connectivity index (χ1) is 15.5. The number of piperidine rings is 1. The Hall–Kier alpha value is -3.12. The van der Waals surface area contributed by atoms with E-state index in [1.54, 1.807) is 12.1 Å². The normalized spacial score (nSPS) is 15.2. The second-order valence-corrected chi connectivity index (χ2v) is 9.39. The lowest BCUT2D eigenvalue weighted by Gasteiger charge is -2.33. The van der Waals surface area contributed by atoms with Gasteiger partial charge in [0.1, 0.15) is 0 Å². The third kappa shape index (κ3) is 5.19. The maximum absolute atomic E-state index is 13.4. The summed E-state index contributed by atoms with van der Waals surface area (Å²) < 4.78 is 0. The van der Waals surface area contributed by atoms with Gasteiger partial charge in [-0.1, -0.05) is 43.3 Å². The number of benzene rings is 2. The molecule has 1 saturated heterocycles. The van der Waals surface area contributed by atoms with Crippen LogP contribution in [0.2, 0.25) is 0 Å². The van der Waals surface area contributed by atoms with Gasteiger partial charge >= 0.3 is 0 Å². The van der Waals surface area contributed by atoms with Gasteiger partial charge in [0.2, 0.25) is 0 Å². The lowest BCUT2D eigenvalue weighted by atomic mass is 9.97. The Labute approximate surface area is 193 Å². The van der Waals surface area contributed by atoms with Crippen LogP contribution in [0.5, 0.6) is 0 Å². The first-order valence-corrected chi connectivity index (χ1v) is 12.0. The Morgan fingerprint density at radius 3 is 2.44 bits per heavy atom. The number of amides is 2. The van der Waals surface area contributed by atoms with E-state index in [1.807, 2.05) is 60.8 Å². The molecule has 0 bridgehead atoms. The Bertz CT molecular complexity index is 1060. The molecule has 1 fully saturated rings. The molecule has 2 heterocycles. The van der Waals surface area contributed by atoms with Crippen LogP contribution in [0.1, 0.15) is 58.3 Å². The highest BCUT2D eigenvalue weighted by atomic mass is 32.1. The molecule has 5 nitrogen and oxygen atoms in total. The van der Waals surface area contributed by atoms with Crippen LogP contribution in [-0.2, 0) is 0 Å². The minimum atomic E-state index is -0.163. The highest BCUT2D eigenvalue weighted by molar-refractivity contribution is 7.12. The predicted molar refractivity (Wildman–Crippen MR) is 132 cm³/mol. The number of nitrogens with zero attached hydrogens (tertiary/aromatic N) is 1. The molecule has 4 rings (SSSR count). The fourth-order valence-corrected chi connectivity index (χ4v) is 4.64. The maximum Gasteiger partial charge on any atom is 0.265 e. The molecule has 6 heteroatoms. The Balaban J connectivity index is 1.59. The number of hydrogen-bond acceptors (Lipinski definition) is 4. The van der Waals surface area contributed by atoms with Crippen LogP contribution < -0.4 is 15.5 Å². The maximum atomic E-state index is 13.4. The summed E-state index contributed by atoms with van der Waals surface area (Å²) in [5, 5.41) is 7.94. The molecule has 32 heavy (non-hydrogen) atoms. The molecular formula is C26H29N3O2S. The van der Waals surface area contributed by atoms with Crippen LogP contribution in [-0.4, -0.2) is 24.9 Å². The van der Waals surface area contributed by atoms with Crippen LogP contribution in [0.3, 0.4) is 0 Å². The van der Waals surface area contributed by atoms with Gasteiger partial charge < -0.3 is 15.5 Å². The van der Waals surface area contributed by atoms with E-state index >= 15 is 0 Å². The fraction of sp³-hybridized carbons (Fsp3) is 0.308. The highest BCUT2D eigenvalue weighted by Crippen LogP contribution is 2.29. The standard InChI is InChI=1S/C26H29N3O2S/c1-18-12-14-29(15-13-18)23-11-10-21(28-26(31)24-9-6-16-32-24)17-22(23)25(30)27-19(2)20-7-4-3-5-8-20/h3-11,16-19H,12-15H2,1-2H3,(H,27,30)(H,28,31). The van der Waals surface area contributed by atoms with E-state index in [4.69, 9.17) is 0 Å². The van der Waals surface area contributed by atoms with Gasteiger partial charge in [-0.25, -0.2) is 0 Å². The van der Waals surface area contributed by atoms with Crippen molar-refractivity contribution in [1.82, 2.24) is 5.32 Å². The first-order valence-electron chi connectivity index (χ1n) is 11.1. The van der Waals surface area contributed by atoms with Crippen LogP contribution in [0, 0.1) is 5.92 Å². The molecule has 2 N–H and O–H groups in total. The molecule has 1 aliphatic heterocycles. The topological polar surface area (TPSA) is 61.4 Å². The molecule has 2 amide bonds. The molecule has 1 aliphatic rings. The quantitative estimate of drug-likeness (QED) is 0.507. The van der Waals surface area contributed by atoms with Gasteiger partial charge in [0, 0.05) is 24.5 Å². The van der Waals surface area contributed by atoms with Crippen molar-refractivity contribution in [2.24, 2.45) is 5.92 Å². The average Bonchev–Trinajstić information content (AvgIpc) is 3.35. The second kappa shape index (κ2) is 10.0. The molecule has 0 aliphatic carbocycles. The number of thiophene rings is 1. The summed E-state index contributed by atoms with van der Waals surface area (Å²) in [6, 6.07) is 19.1. The molecule has 1 atom stereocenters. The highest BCUT2D eigenvalue weighted by Gasteiger charge is 2.23. The van der Waals surface area contributed by atoms with Gasteiger partial charge in [-0.2, -0.15) is 0 Å². The predicted octanol–water partition coefficient (Wildman–Crippen LogP) is 5.73. The smallest absolute Gasteiger partial charge is 0.265 e. The largest absolute Gasteiger partial charge is 0.371 e. The van der Waals surface area contributed by atoms with E-state index in [0.29, 0.717) is 22.0 Å². The van der Waals surface area contributed by atoms with Gasteiger partial charge in [-0.15, -0.1) is 11.3 Å². The SMILES string of the molecule is CC1CCN(c2ccc(NC(=O)c3cccs3)cc2C(=O)NC(C)c2ccccc2)CC1. The average molecular weight is 448 g/mol. The van der Waals surface area contributed by atoms with E-state index in [9.17, 15) is 9.59 Å². The molecule has 166 valence electrons. The molecule has 0 radical (unpaired) electrons. The van der Waals surface area contributed by atoms with Crippen LogP contribution in [0.4, 0.5) is 11.4 Å². The van der Waals surface area contributed by atoms with Crippen LogP contribution in [0.25, 0.3) is 0 Å². The van der Waals surface area contributed by atoms with E-state index < -0.39 is 0 Å². The molecule has 3 aromatic rings. The first kappa shape index (κ1) is 22.1. The van der Waals surface area contributed by atoms with Gasteiger partial charge in [-0.3, -0.25) is 9.59 Å². The molecule has 1 unspecified atom stereocenters. The van der Waals surface area contributed by atoms with E-state index in [1.165, 1.54) is 11.3 Å².